The van der Waals surface area contributed by atoms with E-state index in [4.69, 9.17) is 9.53 Å². The summed E-state index contributed by atoms with van der Waals surface area (Å²) in [6.45, 7) is 10.4. The molecule has 0 aromatic carbocycles. The Balaban J connectivity index is 0.000000705. The predicted molar refractivity (Wildman–Crippen MR) is 125 cm³/mol. The van der Waals surface area contributed by atoms with Gasteiger partial charge < -0.3 is 20.3 Å². The van der Waals surface area contributed by atoms with E-state index in [9.17, 15) is 13.6 Å². The number of alkyl halides is 2. The van der Waals surface area contributed by atoms with Crippen molar-refractivity contribution >= 4 is 18.1 Å². The van der Waals surface area contributed by atoms with Gasteiger partial charge in [-0.15, -0.1) is 0 Å². The highest BCUT2D eigenvalue weighted by Crippen LogP contribution is 2.36. The third kappa shape index (κ3) is 8.40. The summed E-state index contributed by atoms with van der Waals surface area (Å²) in [6, 6.07) is 0.169. The summed E-state index contributed by atoms with van der Waals surface area (Å²) in [5, 5.41) is 0. The van der Waals surface area contributed by atoms with Gasteiger partial charge in [0.15, 0.2) is 11.5 Å². The molecule has 3 aliphatic rings. The molecule has 4 rings (SSSR count). The molecule has 3 fully saturated rings. The third-order valence-electron chi connectivity index (χ3n) is 5.30. The minimum atomic E-state index is -2.70. The first-order valence-corrected chi connectivity index (χ1v) is 11.9. The molecule has 0 spiro atoms. The Morgan fingerprint density at radius 3 is 2.33 bits per heavy atom. The third-order valence-corrected chi connectivity index (χ3v) is 5.30. The molecule has 1 saturated carbocycles. The number of anilines is 1. The molecule has 1 aromatic heterocycles. The Bertz CT molecular complexity index is 739. The van der Waals surface area contributed by atoms with Gasteiger partial charge in [0.2, 0.25) is 6.41 Å². The van der Waals surface area contributed by atoms with Crippen LogP contribution in [0.2, 0.25) is 0 Å². The predicted octanol–water partition coefficient (Wildman–Crippen LogP) is 3.89. The first kappa shape index (κ1) is 28.5. The maximum atomic E-state index is 13.2. The number of nitrogens with zero attached hydrogens (tertiary/aromatic N) is 4. The smallest absolute Gasteiger partial charge is 0.282 e. The summed E-state index contributed by atoms with van der Waals surface area (Å²) in [5.41, 5.74) is 4.39. The van der Waals surface area contributed by atoms with Crippen molar-refractivity contribution in [1.29, 1.82) is 0 Å². The summed E-state index contributed by atoms with van der Waals surface area (Å²) in [6.07, 6.45) is 6.93. The van der Waals surface area contributed by atoms with E-state index >= 15 is 0 Å². The first-order valence-electron chi connectivity index (χ1n) is 11.9. The van der Waals surface area contributed by atoms with Crippen molar-refractivity contribution in [3.05, 3.63) is 11.9 Å². The topological polar surface area (TPSA) is 102 Å². The lowest BCUT2D eigenvalue weighted by Crippen LogP contribution is -2.56. The number of likely N-dealkylation sites (tertiary alicyclic amines) is 1. The average molecular weight is 472 g/mol. The molecule has 2 N–H and O–H groups in total. The number of halogens is 2. The molecule has 10 heteroatoms. The summed E-state index contributed by atoms with van der Waals surface area (Å²) in [7, 11) is 0. The Kier molecular flexibility index (Phi) is 12.0. The van der Waals surface area contributed by atoms with Crippen LogP contribution in [0.1, 0.15) is 77.2 Å². The van der Waals surface area contributed by atoms with Gasteiger partial charge in [0.1, 0.15) is 0 Å². The van der Waals surface area contributed by atoms with Crippen LogP contribution < -0.4 is 15.4 Å². The summed E-state index contributed by atoms with van der Waals surface area (Å²) < 4.78 is 32.2. The lowest BCUT2D eigenvalue weighted by Gasteiger charge is -2.39. The van der Waals surface area contributed by atoms with Crippen molar-refractivity contribution in [3.63, 3.8) is 0 Å². The molecule has 2 aliphatic heterocycles. The van der Waals surface area contributed by atoms with E-state index in [1.807, 2.05) is 39.5 Å². The highest BCUT2D eigenvalue weighted by molar-refractivity contribution is 5.92. The molecule has 1 unspecified atom stereocenters. The van der Waals surface area contributed by atoms with Crippen molar-refractivity contribution in [1.82, 2.24) is 14.9 Å². The molecule has 1 atom stereocenters. The van der Waals surface area contributed by atoms with Crippen molar-refractivity contribution in [2.24, 2.45) is 11.7 Å². The minimum absolute atomic E-state index is 0.165. The van der Waals surface area contributed by atoms with E-state index in [0.717, 1.165) is 32.1 Å². The second-order valence-corrected chi connectivity index (χ2v) is 7.83. The van der Waals surface area contributed by atoms with Crippen molar-refractivity contribution in [2.45, 2.75) is 78.7 Å². The molecule has 188 valence electrons. The Morgan fingerprint density at radius 2 is 1.82 bits per heavy atom. The quantitative estimate of drug-likeness (QED) is 0.654. The van der Waals surface area contributed by atoms with Crippen molar-refractivity contribution < 1.29 is 23.1 Å². The van der Waals surface area contributed by atoms with Gasteiger partial charge in [0.25, 0.3) is 17.7 Å². The Hall–Kier alpha value is -2.52. The molecular weight excluding hydrogens is 432 g/mol. The fraction of sp³-hybridized carbons (Fsp3) is 0.739. The molecule has 1 aromatic rings. The van der Waals surface area contributed by atoms with Gasteiger partial charge in [-0.05, 0) is 44.9 Å². The fourth-order valence-electron chi connectivity index (χ4n) is 3.47. The van der Waals surface area contributed by atoms with Crippen LogP contribution in [-0.4, -0.2) is 65.4 Å². The molecule has 2 amide bonds. The summed E-state index contributed by atoms with van der Waals surface area (Å²) >= 11 is 0. The fourth-order valence-corrected chi connectivity index (χ4v) is 3.47. The number of nitrogens with two attached hydrogens (primary N) is 1. The maximum absolute atomic E-state index is 13.2. The van der Waals surface area contributed by atoms with E-state index < -0.39 is 19.0 Å². The molecule has 3 heterocycles. The standard InChI is InChI=1S/C18H24F2N4O2.2C2H6.CH3NO/c1-12-4-2-3-7-24(12)17(25)14-8-21-15(23-10-18(19,20)11-23)16(22-14)26-9-13-5-6-13;2*1-2;2-1-3/h8,12-13H,2-7,9-11H2,1H3;2*1-2H3;1H,(H2,2,3). The SMILES string of the molecule is CC.CC.CC1CCCCN1C(=O)c1cnc(N2CC(F)(F)C2)c(OCC2CC2)n1.NC=O. The molecule has 0 radical (unpaired) electrons. The number of aromatic nitrogens is 2. The number of hydrogen-bond donors (Lipinski definition) is 1. The maximum Gasteiger partial charge on any atom is 0.282 e. The van der Waals surface area contributed by atoms with Gasteiger partial charge in [-0.1, -0.05) is 27.7 Å². The largest absolute Gasteiger partial charge is 0.475 e. The number of rotatable bonds is 5. The van der Waals surface area contributed by atoms with E-state index in [-0.39, 0.29) is 29.9 Å². The van der Waals surface area contributed by atoms with Gasteiger partial charge in [0.05, 0.1) is 25.9 Å². The second kappa shape index (κ2) is 13.9. The molecule has 33 heavy (non-hydrogen) atoms. The number of hydrogen-bond acceptors (Lipinski definition) is 6. The van der Waals surface area contributed by atoms with Gasteiger partial charge in [-0.2, -0.15) is 0 Å². The van der Waals surface area contributed by atoms with Gasteiger partial charge in [-0.25, -0.2) is 18.7 Å². The van der Waals surface area contributed by atoms with Crippen molar-refractivity contribution in [3.8, 4) is 5.88 Å². The zero-order chi connectivity index (χ0) is 25.0. The molecule has 2 saturated heterocycles. The highest BCUT2D eigenvalue weighted by atomic mass is 19.3. The number of amides is 2. The van der Waals surface area contributed by atoms with Crippen LogP contribution in [0.15, 0.2) is 6.20 Å². The Labute approximate surface area is 195 Å². The molecule has 1 aliphatic carbocycles. The van der Waals surface area contributed by atoms with Gasteiger partial charge in [-0.3, -0.25) is 9.59 Å². The minimum Gasteiger partial charge on any atom is -0.475 e. The summed E-state index contributed by atoms with van der Waals surface area (Å²) in [5.74, 6) is -1.87. The van der Waals surface area contributed by atoms with Crippen LogP contribution in [0.3, 0.4) is 0 Å². The number of ether oxygens (including phenoxy) is 1. The van der Waals surface area contributed by atoms with Crippen LogP contribution in [0.25, 0.3) is 0 Å². The zero-order valence-corrected chi connectivity index (χ0v) is 20.5. The van der Waals surface area contributed by atoms with Crippen LogP contribution in [0.5, 0.6) is 5.88 Å². The van der Waals surface area contributed by atoms with Crippen LogP contribution in [0, 0.1) is 5.92 Å². The average Bonchev–Trinajstić information content (AvgIpc) is 3.64. The van der Waals surface area contributed by atoms with E-state index in [1.165, 1.54) is 11.1 Å². The number of carbonyl (C=O) groups excluding carboxylic acids is 2. The Morgan fingerprint density at radius 1 is 1.21 bits per heavy atom. The first-order chi connectivity index (χ1) is 15.8. The van der Waals surface area contributed by atoms with Crippen LogP contribution >= 0.6 is 0 Å². The second-order valence-electron chi connectivity index (χ2n) is 7.83. The molecular formula is C23H39F2N5O3. The number of carbonyl (C=O) groups is 2. The van der Waals surface area contributed by atoms with E-state index in [1.54, 1.807) is 0 Å². The summed E-state index contributed by atoms with van der Waals surface area (Å²) in [4.78, 5) is 33.3. The van der Waals surface area contributed by atoms with Crippen LogP contribution in [0.4, 0.5) is 14.6 Å². The number of piperidine rings is 1. The van der Waals surface area contributed by atoms with Gasteiger partial charge >= 0.3 is 0 Å². The molecule has 8 nitrogen and oxygen atoms in total. The van der Waals surface area contributed by atoms with Gasteiger partial charge in [0, 0.05) is 12.6 Å². The van der Waals surface area contributed by atoms with Crippen molar-refractivity contribution in [2.75, 3.05) is 31.1 Å². The van der Waals surface area contributed by atoms with E-state index in [0.29, 0.717) is 24.9 Å². The van der Waals surface area contributed by atoms with E-state index in [2.05, 4.69) is 15.7 Å². The lowest BCUT2D eigenvalue weighted by atomic mass is 10.0. The van der Waals surface area contributed by atoms with Crippen LogP contribution in [-0.2, 0) is 4.79 Å². The molecule has 0 bridgehead atoms. The zero-order valence-electron chi connectivity index (χ0n) is 20.5. The normalized spacial score (nSPS) is 20.4. The highest BCUT2D eigenvalue weighted by Gasteiger charge is 2.46. The lowest BCUT2D eigenvalue weighted by molar-refractivity contribution is -0.106. The monoisotopic (exact) mass is 471 g/mol. The number of primary amides is 1.